The minimum Gasteiger partial charge on any atom is -0.462 e. The van der Waals surface area contributed by atoms with E-state index in [9.17, 15) is 9.59 Å². The molecule has 1 aliphatic rings. The lowest BCUT2D eigenvalue weighted by molar-refractivity contribution is 0.0527. The molecule has 148 valence electrons. The van der Waals surface area contributed by atoms with E-state index in [0.717, 1.165) is 13.1 Å². The molecule has 0 bridgehead atoms. The van der Waals surface area contributed by atoms with Crippen LogP contribution >= 0.6 is 0 Å². The average molecular weight is 381 g/mol. The third-order valence-corrected chi connectivity index (χ3v) is 5.09. The third-order valence-electron chi connectivity index (χ3n) is 5.09. The Labute approximate surface area is 166 Å². The predicted molar refractivity (Wildman–Crippen MR) is 111 cm³/mol. The van der Waals surface area contributed by atoms with E-state index in [0.29, 0.717) is 30.9 Å². The molecular formula is C22H27N3O3. The number of nitrogens with one attached hydrogen (secondary N) is 1. The van der Waals surface area contributed by atoms with Crippen LogP contribution in [-0.4, -0.2) is 49.7 Å². The quantitative estimate of drug-likeness (QED) is 0.818. The average Bonchev–Trinajstić information content (AvgIpc) is 2.71. The number of aryl methyl sites for hydroxylation is 2. The molecule has 1 heterocycles. The summed E-state index contributed by atoms with van der Waals surface area (Å²) in [5.41, 5.74) is 4.58. The van der Waals surface area contributed by atoms with Crippen molar-refractivity contribution in [3.8, 4) is 0 Å². The number of benzene rings is 2. The SMILES string of the molecule is CCOC(=O)c1ccccc1NC(=O)N1CCN(c2ccc(C)c(C)c2)CC1. The number of piperazine rings is 1. The molecule has 1 aliphatic heterocycles. The second-order valence-corrected chi connectivity index (χ2v) is 6.94. The summed E-state index contributed by atoms with van der Waals surface area (Å²) >= 11 is 0. The fourth-order valence-corrected chi connectivity index (χ4v) is 3.26. The normalized spacial score (nSPS) is 14.0. The summed E-state index contributed by atoms with van der Waals surface area (Å²) in [6.45, 7) is 9.07. The molecule has 0 saturated carbocycles. The van der Waals surface area contributed by atoms with Crippen LogP contribution in [0.2, 0.25) is 0 Å². The molecule has 28 heavy (non-hydrogen) atoms. The Bertz CT molecular complexity index is 858. The number of esters is 1. The van der Waals surface area contributed by atoms with E-state index in [1.807, 2.05) is 0 Å². The van der Waals surface area contributed by atoms with Crippen LogP contribution in [0.3, 0.4) is 0 Å². The summed E-state index contributed by atoms with van der Waals surface area (Å²) < 4.78 is 5.07. The van der Waals surface area contributed by atoms with Gasteiger partial charge >= 0.3 is 12.0 Å². The predicted octanol–water partition coefficient (Wildman–Crippen LogP) is 3.83. The van der Waals surface area contributed by atoms with Gasteiger partial charge in [-0.25, -0.2) is 9.59 Å². The van der Waals surface area contributed by atoms with Crippen LogP contribution in [0.25, 0.3) is 0 Å². The van der Waals surface area contributed by atoms with Crippen LogP contribution in [-0.2, 0) is 4.74 Å². The first kappa shape index (κ1) is 19.7. The van der Waals surface area contributed by atoms with Gasteiger partial charge in [-0.3, -0.25) is 0 Å². The zero-order valence-electron chi connectivity index (χ0n) is 16.7. The van der Waals surface area contributed by atoms with E-state index >= 15 is 0 Å². The Kier molecular flexibility index (Phi) is 6.19. The standard InChI is InChI=1S/C22H27N3O3/c1-4-28-21(26)19-7-5-6-8-20(19)23-22(27)25-13-11-24(12-14-25)18-10-9-16(2)17(3)15-18/h5-10,15H,4,11-14H2,1-3H3,(H,23,27). The highest BCUT2D eigenvalue weighted by Gasteiger charge is 2.23. The fraction of sp³-hybridized carbons (Fsp3) is 0.364. The number of nitrogens with zero attached hydrogens (tertiary/aromatic N) is 2. The van der Waals surface area contributed by atoms with Gasteiger partial charge in [0.05, 0.1) is 17.9 Å². The van der Waals surface area contributed by atoms with Crippen LogP contribution in [0, 0.1) is 13.8 Å². The molecule has 2 aromatic carbocycles. The molecule has 0 unspecified atom stereocenters. The molecule has 6 heteroatoms. The van der Waals surface area contributed by atoms with E-state index in [1.165, 1.54) is 16.8 Å². The van der Waals surface area contributed by atoms with Crippen molar-refractivity contribution in [1.82, 2.24) is 4.90 Å². The number of hydrogen-bond acceptors (Lipinski definition) is 4. The van der Waals surface area contributed by atoms with Crippen molar-refractivity contribution >= 4 is 23.4 Å². The van der Waals surface area contributed by atoms with Crippen molar-refractivity contribution in [1.29, 1.82) is 0 Å². The first-order valence-corrected chi connectivity index (χ1v) is 9.64. The molecule has 2 amide bonds. The molecule has 2 aromatic rings. The highest BCUT2D eigenvalue weighted by atomic mass is 16.5. The first-order valence-electron chi connectivity index (χ1n) is 9.64. The Morgan fingerprint density at radius 3 is 2.39 bits per heavy atom. The lowest BCUT2D eigenvalue weighted by atomic mass is 10.1. The van der Waals surface area contributed by atoms with Gasteiger partial charge in [0.25, 0.3) is 0 Å². The molecule has 0 spiro atoms. The smallest absolute Gasteiger partial charge is 0.340 e. The molecule has 1 N–H and O–H groups in total. The van der Waals surface area contributed by atoms with Crippen LogP contribution in [0.4, 0.5) is 16.2 Å². The maximum Gasteiger partial charge on any atom is 0.340 e. The van der Waals surface area contributed by atoms with E-state index < -0.39 is 5.97 Å². The number of carbonyl (C=O) groups excluding carboxylic acids is 2. The summed E-state index contributed by atoms with van der Waals surface area (Å²) in [5.74, 6) is -0.432. The highest BCUT2D eigenvalue weighted by molar-refractivity contribution is 6.00. The zero-order chi connectivity index (χ0) is 20.1. The molecule has 0 atom stereocenters. The highest BCUT2D eigenvalue weighted by Crippen LogP contribution is 2.21. The summed E-state index contributed by atoms with van der Waals surface area (Å²) in [6.07, 6.45) is 0. The van der Waals surface area contributed by atoms with Gasteiger partial charge in [-0.05, 0) is 56.2 Å². The largest absolute Gasteiger partial charge is 0.462 e. The lowest BCUT2D eigenvalue weighted by Gasteiger charge is -2.36. The molecule has 1 saturated heterocycles. The molecule has 3 rings (SSSR count). The fourth-order valence-electron chi connectivity index (χ4n) is 3.26. The van der Waals surface area contributed by atoms with Gasteiger partial charge in [0.2, 0.25) is 0 Å². The van der Waals surface area contributed by atoms with Crippen molar-refractivity contribution in [2.45, 2.75) is 20.8 Å². The number of amides is 2. The van der Waals surface area contributed by atoms with Crippen LogP contribution < -0.4 is 10.2 Å². The Hall–Kier alpha value is -3.02. The summed E-state index contributed by atoms with van der Waals surface area (Å²) in [4.78, 5) is 28.8. The van der Waals surface area contributed by atoms with E-state index in [1.54, 1.807) is 36.1 Å². The van der Waals surface area contributed by atoms with E-state index in [4.69, 9.17) is 4.74 Å². The van der Waals surface area contributed by atoms with Gasteiger partial charge in [0, 0.05) is 31.9 Å². The second kappa shape index (κ2) is 8.78. The van der Waals surface area contributed by atoms with Crippen molar-refractivity contribution in [3.05, 3.63) is 59.2 Å². The van der Waals surface area contributed by atoms with E-state index in [2.05, 4.69) is 42.3 Å². The number of hydrogen-bond donors (Lipinski definition) is 1. The van der Waals surface area contributed by atoms with Gasteiger partial charge in [-0.2, -0.15) is 0 Å². The van der Waals surface area contributed by atoms with Crippen LogP contribution in [0.5, 0.6) is 0 Å². The summed E-state index contributed by atoms with van der Waals surface area (Å²) in [7, 11) is 0. The van der Waals surface area contributed by atoms with Gasteiger partial charge in [-0.15, -0.1) is 0 Å². The van der Waals surface area contributed by atoms with Gasteiger partial charge in [0.15, 0.2) is 0 Å². The van der Waals surface area contributed by atoms with Crippen LogP contribution in [0.1, 0.15) is 28.4 Å². The van der Waals surface area contributed by atoms with Gasteiger partial charge in [0.1, 0.15) is 0 Å². The second-order valence-electron chi connectivity index (χ2n) is 6.94. The molecule has 0 radical (unpaired) electrons. The topological polar surface area (TPSA) is 61.9 Å². The number of urea groups is 1. The molecule has 1 fully saturated rings. The van der Waals surface area contributed by atoms with Crippen molar-refractivity contribution < 1.29 is 14.3 Å². The summed E-state index contributed by atoms with van der Waals surface area (Å²) in [5, 5.41) is 2.86. The molecule has 0 aliphatic carbocycles. The number of carbonyl (C=O) groups is 2. The Morgan fingerprint density at radius 1 is 1.00 bits per heavy atom. The van der Waals surface area contributed by atoms with Crippen LogP contribution in [0.15, 0.2) is 42.5 Å². The zero-order valence-corrected chi connectivity index (χ0v) is 16.7. The summed E-state index contributed by atoms with van der Waals surface area (Å²) in [6, 6.07) is 13.2. The van der Waals surface area contributed by atoms with Gasteiger partial charge in [-0.1, -0.05) is 18.2 Å². The Morgan fingerprint density at radius 2 is 1.71 bits per heavy atom. The third kappa shape index (κ3) is 4.44. The maximum absolute atomic E-state index is 12.7. The molecule has 6 nitrogen and oxygen atoms in total. The number of para-hydroxylation sites is 1. The monoisotopic (exact) mass is 381 g/mol. The minimum atomic E-state index is -0.432. The molecular weight excluding hydrogens is 354 g/mol. The Balaban J connectivity index is 1.61. The van der Waals surface area contributed by atoms with E-state index in [-0.39, 0.29) is 6.03 Å². The minimum absolute atomic E-state index is 0.198. The number of ether oxygens (including phenoxy) is 1. The maximum atomic E-state index is 12.7. The number of anilines is 2. The van der Waals surface area contributed by atoms with Gasteiger partial charge < -0.3 is 19.9 Å². The van der Waals surface area contributed by atoms with Crippen molar-refractivity contribution in [2.75, 3.05) is 43.0 Å². The number of rotatable bonds is 4. The van der Waals surface area contributed by atoms with Crippen molar-refractivity contribution in [2.24, 2.45) is 0 Å². The van der Waals surface area contributed by atoms with Crippen molar-refractivity contribution in [3.63, 3.8) is 0 Å². The lowest BCUT2D eigenvalue weighted by Crippen LogP contribution is -2.50. The molecule has 0 aromatic heterocycles. The first-order chi connectivity index (χ1) is 13.5.